The number of fused-ring (bicyclic) bond motifs is 1. The second kappa shape index (κ2) is 9.06. The fraction of sp³-hybridized carbons (Fsp3) is 0.480. The standard InChI is InChI=1S/C25H31F2N3O2/c1-25(2)14-21-17(5-4-6-23(21)32-25)15-28-24(31)30(20-9-11-29(3)12-10-20)16-18-7-8-19(26)13-22(18)27/h4-8,13,20H,9-12,14-16H2,1-3H3,(H,28,31). The molecule has 4 rings (SSSR count). The van der Waals surface area contributed by atoms with Crippen LogP contribution < -0.4 is 10.1 Å². The lowest BCUT2D eigenvalue weighted by atomic mass is 9.97. The average Bonchev–Trinajstić information content (AvgIpc) is 3.06. The summed E-state index contributed by atoms with van der Waals surface area (Å²) in [5.74, 6) is -0.386. The summed E-state index contributed by atoms with van der Waals surface area (Å²) in [6.45, 7) is 6.33. The van der Waals surface area contributed by atoms with Crippen LogP contribution in [0.1, 0.15) is 43.4 Å². The molecule has 1 N–H and O–H groups in total. The van der Waals surface area contributed by atoms with Crippen LogP contribution in [0.25, 0.3) is 0 Å². The molecule has 2 aromatic carbocycles. The summed E-state index contributed by atoms with van der Waals surface area (Å²) in [4.78, 5) is 17.2. The van der Waals surface area contributed by atoms with Gasteiger partial charge in [0.1, 0.15) is 23.0 Å². The summed E-state index contributed by atoms with van der Waals surface area (Å²) < 4.78 is 33.7. The zero-order valence-corrected chi connectivity index (χ0v) is 19.0. The molecule has 1 fully saturated rings. The molecule has 0 spiro atoms. The molecule has 0 radical (unpaired) electrons. The first-order chi connectivity index (χ1) is 15.2. The number of hydrogen-bond donors (Lipinski definition) is 1. The summed E-state index contributed by atoms with van der Waals surface area (Å²) in [6.07, 6.45) is 2.42. The first-order valence-corrected chi connectivity index (χ1v) is 11.2. The lowest BCUT2D eigenvalue weighted by Gasteiger charge is -2.37. The van der Waals surface area contributed by atoms with Gasteiger partial charge < -0.3 is 19.9 Å². The second-order valence-corrected chi connectivity index (χ2v) is 9.49. The van der Waals surface area contributed by atoms with Gasteiger partial charge in [-0.05, 0) is 64.5 Å². The van der Waals surface area contributed by atoms with Crippen molar-refractivity contribution in [2.75, 3.05) is 20.1 Å². The van der Waals surface area contributed by atoms with Gasteiger partial charge in [-0.15, -0.1) is 0 Å². The van der Waals surface area contributed by atoms with E-state index in [0.717, 1.165) is 55.3 Å². The van der Waals surface area contributed by atoms with Crippen molar-refractivity contribution in [1.82, 2.24) is 15.1 Å². The van der Waals surface area contributed by atoms with Gasteiger partial charge in [-0.1, -0.05) is 18.2 Å². The highest BCUT2D eigenvalue weighted by Crippen LogP contribution is 2.36. The fourth-order valence-corrected chi connectivity index (χ4v) is 4.61. The van der Waals surface area contributed by atoms with Crippen molar-refractivity contribution in [2.45, 2.75) is 57.8 Å². The van der Waals surface area contributed by atoms with Gasteiger partial charge >= 0.3 is 6.03 Å². The predicted molar refractivity (Wildman–Crippen MR) is 120 cm³/mol. The van der Waals surface area contributed by atoms with Crippen molar-refractivity contribution >= 4 is 6.03 Å². The van der Waals surface area contributed by atoms with E-state index in [2.05, 4.69) is 31.1 Å². The molecule has 0 bridgehead atoms. The second-order valence-electron chi connectivity index (χ2n) is 9.49. The number of likely N-dealkylation sites (tertiary alicyclic amines) is 1. The first kappa shape index (κ1) is 22.5. The number of hydrogen-bond acceptors (Lipinski definition) is 3. The Morgan fingerprint density at radius 3 is 2.66 bits per heavy atom. The molecule has 2 aromatic rings. The first-order valence-electron chi connectivity index (χ1n) is 11.2. The van der Waals surface area contributed by atoms with E-state index in [1.165, 1.54) is 12.1 Å². The zero-order chi connectivity index (χ0) is 22.9. The minimum atomic E-state index is -0.629. The van der Waals surface area contributed by atoms with Crippen LogP contribution in [0.5, 0.6) is 5.75 Å². The number of halogens is 2. The third kappa shape index (κ3) is 5.04. The predicted octanol–water partition coefficient (Wildman–Crippen LogP) is 4.48. The SMILES string of the molecule is CN1CCC(N(Cc2ccc(F)cc2F)C(=O)NCc2cccc3c2CC(C)(C)O3)CC1. The van der Waals surface area contributed by atoms with Crippen LogP contribution in [-0.4, -0.2) is 47.6 Å². The van der Waals surface area contributed by atoms with Gasteiger partial charge in [-0.2, -0.15) is 0 Å². The van der Waals surface area contributed by atoms with E-state index in [-0.39, 0.29) is 24.2 Å². The van der Waals surface area contributed by atoms with E-state index in [4.69, 9.17) is 4.74 Å². The summed E-state index contributed by atoms with van der Waals surface area (Å²) >= 11 is 0. The minimum Gasteiger partial charge on any atom is -0.487 e. The van der Waals surface area contributed by atoms with Gasteiger partial charge in [-0.25, -0.2) is 13.6 Å². The van der Waals surface area contributed by atoms with E-state index in [9.17, 15) is 13.6 Å². The molecule has 0 unspecified atom stereocenters. The molecular weight excluding hydrogens is 412 g/mol. The molecule has 2 heterocycles. The Labute approximate surface area is 188 Å². The minimum absolute atomic E-state index is 0.000548. The normalized spacial score (nSPS) is 18.2. The number of nitrogens with zero attached hydrogens (tertiary/aromatic N) is 2. The maximum atomic E-state index is 14.4. The van der Waals surface area contributed by atoms with Gasteiger partial charge in [0.15, 0.2) is 0 Å². The molecule has 7 heteroatoms. The smallest absolute Gasteiger partial charge is 0.318 e. The number of carbonyl (C=O) groups is 1. The Bertz CT molecular complexity index is 987. The molecule has 5 nitrogen and oxygen atoms in total. The van der Waals surface area contributed by atoms with Crippen molar-refractivity contribution < 1.29 is 18.3 Å². The summed E-state index contributed by atoms with van der Waals surface area (Å²) in [5, 5.41) is 3.04. The van der Waals surface area contributed by atoms with Crippen LogP contribution in [0.4, 0.5) is 13.6 Å². The molecule has 32 heavy (non-hydrogen) atoms. The Morgan fingerprint density at radius 2 is 1.94 bits per heavy atom. The van der Waals surface area contributed by atoms with Crippen molar-refractivity contribution in [3.63, 3.8) is 0 Å². The molecule has 2 amide bonds. The molecule has 2 aliphatic rings. The van der Waals surface area contributed by atoms with Gasteiger partial charge in [0, 0.05) is 36.2 Å². The number of benzene rings is 2. The van der Waals surface area contributed by atoms with Crippen molar-refractivity contribution in [1.29, 1.82) is 0 Å². The van der Waals surface area contributed by atoms with Gasteiger partial charge in [0.05, 0.1) is 6.54 Å². The highest BCUT2D eigenvalue weighted by atomic mass is 19.1. The molecule has 0 aliphatic carbocycles. The lowest BCUT2D eigenvalue weighted by molar-refractivity contribution is 0.126. The van der Waals surface area contributed by atoms with Crippen LogP contribution in [0.3, 0.4) is 0 Å². The van der Waals surface area contributed by atoms with Gasteiger partial charge in [0.25, 0.3) is 0 Å². The fourth-order valence-electron chi connectivity index (χ4n) is 4.61. The number of rotatable bonds is 5. The van der Waals surface area contributed by atoms with E-state index < -0.39 is 11.6 Å². The molecule has 1 saturated heterocycles. The van der Waals surface area contributed by atoms with Crippen LogP contribution in [0, 0.1) is 11.6 Å². The third-order valence-electron chi connectivity index (χ3n) is 6.39. The quantitative estimate of drug-likeness (QED) is 0.741. The average molecular weight is 444 g/mol. The Kier molecular flexibility index (Phi) is 6.38. The number of urea groups is 1. The number of amides is 2. The topological polar surface area (TPSA) is 44.8 Å². The maximum Gasteiger partial charge on any atom is 0.318 e. The van der Waals surface area contributed by atoms with Crippen LogP contribution in [-0.2, 0) is 19.5 Å². The van der Waals surface area contributed by atoms with E-state index in [1.807, 2.05) is 18.2 Å². The van der Waals surface area contributed by atoms with Crippen LogP contribution in [0.15, 0.2) is 36.4 Å². The van der Waals surface area contributed by atoms with Gasteiger partial charge in [-0.3, -0.25) is 0 Å². The molecule has 0 aromatic heterocycles. The van der Waals surface area contributed by atoms with E-state index >= 15 is 0 Å². The Balaban J connectivity index is 1.50. The Hall–Kier alpha value is -2.67. The number of piperidine rings is 1. The molecular formula is C25H31F2N3O2. The largest absolute Gasteiger partial charge is 0.487 e. The highest BCUT2D eigenvalue weighted by Gasteiger charge is 2.32. The maximum absolute atomic E-state index is 14.4. The number of ether oxygens (including phenoxy) is 1. The van der Waals surface area contributed by atoms with Crippen molar-refractivity contribution in [2.24, 2.45) is 0 Å². The monoisotopic (exact) mass is 443 g/mol. The van der Waals surface area contributed by atoms with Crippen molar-refractivity contribution in [3.8, 4) is 5.75 Å². The summed E-state index contributed by atoms with van der Waals surface area (Å²) in [6, 6.07) is 9.18. The summed E-state index contributed by atoms with van der Waals surface area (Å²) in [5.41, 5.74) is 2.20. The number of carbonyl (C=O) groups excluding carboxylic acids is 1. The lowest BCUT2D eigenvalue weighted by Crippen LogP contribution is -2.49. The zero-order valence-electron chi connectivity index (χ0n) is 19.0. The van der Waals surface area contributed by atoms with E-state index in [0.29, 0.717) is 12.1 Å². The number of nitrogens with one attached hydrogen (secondary N) is 1. The van der Waals surface area contributed by atoms with Crippen molar-refractivity contribution in [3.05, 3.63) is 64.7 Å². The Morgan fingerprint density at radius 1 is 1.19 bits per heavy atom. The highest BCUT2D eigenvalue weighted by molar-refractivity contribution is 5.74. The van der Waals surface area contributed by atoms with Crippen LogP contribution in [0.2, 0.25) is 0 Å². The molecule has 0 atom stereocenters. The van der Waals surface area contributed by atoms with Gasteiger partial charge in [0.2, 0.25) is 0 Å². The molecule has 2 aliphatic heterocycles. The van der Waals surface area contributed by atoms with Crippen LogP contribution >= 0.6 is 0 Å². The molecule has 0 saturated carbocycles. The third-order valence-corrected chi connectivity index (χ3v) is 6.39. The summed E-state index contributed by atoms with van der Waals surface area (Å²) in [7, 11) is 2.06. The van der Waals surface area contributed by atoms with E-state index in [1.54, 1.807) is 4.90 Å². The molecule has 172 valence electrons.